The van der Waals surface area contributed by atoms with Crippen molar-refractivity contribution in [3.05, 3.63) is 35.4 Å². The Kier molecular flexibility index (Phi) is 4.52. The minimum absolute atomic E-state index is 0.235. The van der Waals surface area contributed by atoms with Crippen LogP contribution in [0.2, 0.25) is 0 Å². The van der Waals surface area contributed by atoms with E-state index in [1.807, 2.05) is 0 Å². The number of hydrogen-bond acceptors (Lipinski definition) is 3. The van der Waals surface area contributed by atoms with Crippen molar-refractivity contribution in [2.75, 3.05) is 32.7 Å². The van der Waals surface area contributed by atoms with E-state index in [1.54, 1.807) is 12.1 Å². The molecule has 0 saturated carbocycles. The van der Waals surface area contributed by atoms with Gasteiger partial charge >= 0.3 is 0 Å². The zero-order valence-corrected chi connectivity index (χ0v) is 12.3. The zero-order chi connectivity index (χ0) is 14.8. The Morgan fingerprint density at radius 2 is 2.00 bits per heavy atom. The Balaban J connectivity index is 1.83. The number of nitrogens with zero attached hydrogens (tertiary/aromatic N) is 2. The second kappa shape index (κ2) is 6.38. The van der Waals surface area contributed by atoms with Crippen LogP contribution in [0.3, 0.4) is 0 Å². The average molecular weight is 295 g/mol. The van der Waals surface area contributed by atoms with Crippen LogP contribution in [0, 0.1) is 11.6 Å². The fourth-order valence-electron chi connectivity index (χ4n) is 3.77. The summed E-state index contributed by atoms with van der Waals surface area (Å²) in [5, 5.41) is 0. The molecule has 3 rings (SSSR count). The molecule has 5 heteroatoms. The number of nitrogens with two attached hydrogens (primary N) is 1. The van der Waals surface area contributed by atoms with Crippen molar-refractivity contribution >= 4 is 0 Å². The number of fused-ring (bicyclic) bond motifs is 1. The second-order valence-electron chi connectivity index (χ2n) is 6.08. The van der Waals surface area contributed by atoms with Gasteiger partial charge in [-0.1, -0.05) is 12.1 Å². The summed E-state index contributed by atoms with van der Waals surface area (Å²) in [6.07, 6.45) is 3.49. The van der Waals surface area contributed by atoms with Gasteiger partial charge in [-0.05, 0) is 38.4 Å². The highest BCUT2D eigenvalue weighted by atomic mass is 19.2. The average Bonchev–Trinajstić information content (AvgIpc) is 2.82. The predicted octanol–water partition coefficient (Wildman–Crippen LogP) is 2.13. The van der Waals surface area contributed by atoms with E-state index in [2.05, 4.69) is 9.80 Å². The van der Waals surface area contributed by atoms with E-state index in [0.29, 0.717) is 18.2 Å². The number of halogens is 2. The molecule has 0 spiro atoms. The molecule has 2 unspecified atom stereocenters. The van der Waals surface area contributed by atoms with Gasteiger partial charge in [-0.15, -0.1) is 0 Å². The molecule has 2 saturated heterocycles. The molecule has 0 aromatic heterocycles. The minimum atomic E-state index is -0.789. The molecule has 1 aromatic rings. The molecule has 2 fully saturated rings. The first-order chi connectivity index (χ1) is 10.2. The van der Waals surface area contributed by atoms with Gasteiger partial charge in [0.2, 0.25) is 0 Å². The highest BCUT2D eigenvalue weighted by molar-refractivity contribution is 5.23. The second-order valence-corrected chi connectivity index (χ2v) is 6.08. The molecular weight excluding hydrogens is 272 g/mol. The maximum absolute atomic E-state index is 14.1. The molecule has 0 radical (unpaired) electrons. The van der Waals surface area contributed by atoms with Gasteiger partial charge in [0.05, 0.1) is 6.04 Å². The van der Waals surface area contributed by atoms with Gasteiger partial charge in [-0.2, -0.15) is 0 Å². The van der Waals surface area contributed by atoms with Crippen molar-refractivity contribution in [2.24, 2.45) is 5.73 Å². The molecule has 0 bridgehead atoms. The molecule has 0 aliphatic carbocycles. The molecule has 2 aliphatic heterocycles. The van der Waals surface area contributed by atoms with Crippen LogP contribution in [-0.2, 0) is 0 Å². The van der Waals surface area contributed by atoms with E-state index in [4.69, 9.17) is 5.73 Å². The van der Waals surface area contributed by atoms with Gasteiger partial charge in [0.1, 0.15) is 0 Å². The van der Waals surface area contributed by atoms with E-state index in [0.717, 1.165) is 32.1 Å². The lowest BCUT2D eigenvalue weighted by atomic mass is 10.0. The fraction of sp³-hybridized carbons (Fsp3) is 0.625. The Labute approximate surface area is 124 Å². The topological polar surface area (TPSA) is 32.5 Å². The predicted molar refractivity (Wildman–Crippen MR) is 78.9 cm³/mol. The molecule has 116 valence electrons. The lowest BCUT2D eigenvalue weighted by Crippen LogP contribution is -2.41. The fourth-order valence-corrected chi connectivity index (χ4v) is 3.77. The van der Waals surface area contributed by atoms with Crippen LogP contribution in [0.1, 0.15) is 30.9 Å². The van der Waals surface area contributed by atoms with Crippen LogP contribution in [0.25, 0.3) is 0 Å². The first kappa shape index (κ1) is 14.9. The third-order valence-electron chi connectivity index (χ3n) is 4.84. The van der Waals surface area contributed by atoms with Crippen LogP contribution in [0.5, 0.6) is 0 Å². The smallest absolute Gasteiger partial charge is 0.163 e. The molecule has 2 aliphatic rings. The van der Waals surface area contributed by atoms with Crippen LogP contribution in [0.15, 0.2) is 18.2 Å². The maximum Gasteiger partial charge on any atom is 0.163 e. The van der Waals surface area contributed by atoms with Crippen molar-refractivity contribution in [3.8, 4) is 0 Å². The van der Waals surface area contributed by atoms with E-state index >= 15 is 0 Å². The Morgan fingerprint density at radius 3 is 2.81 bits per heavy atom. The SMILES string of the molecule is NCC(c1cccc(F)c1F)N1CCCN2CCCC2C1. The third kappa shape index (κ3) is 2.96. The number of benzene rings is 1. The molecular formula is C16H23F2N3. The van der Waals surface area contributed by atoms with Crippen LogP contribution >= 0.6 is 0 Å². The van der Waals surface area contributed by atoms with Crippen LogP contribution < -0.4 is 5.73 Å². The van der Waals surface area contributed by atoms with Crippen LogP contribution in [-0.4, -0.2) is 48.6 Å². The third-order valence-corrected chi connectivity index (χ3v) is 4.84. The normalized spacial score (nSPS) is 25.6. The molecule has 3 nitrogen and oxygen atoms in total. The molecule has 2 heterocycles. The first-order valence-electron chi connectivity index (χ1n) is 7.82. The number of hydrogen-bond donors (Lipinski definition) is 1. The lowest BCUT2D eigenvalue weighted by Gasteiger charge is -2.32. The van der Waals surface area contributed by atoms with Gasteiger partial charge in [0.15, 0.2) is 11.6 Å². The maximum atomic E-state index is 14.1. The zero-order valence-electron chi connectivity index (χ0n) is 12.3. The van der Waals surface area contributed by atoms with Crippen molar-refractivity contribution in [1.82, 2.24) is 9.80 Å². The summed E-state index contributed by atoms with van der Waals surface area (Å²) >= 11 is 0. The van der Waals surface area contributed by atoms with Crippen molar-refractivity contribution in [1.29, 1.82) is 0 Å². The van der Waals surface area contributed by atoms with Crippen molar-refractivity contribution < 1.29 is 8.78 Å². The first-order valence-corrected chi connectivity index (χ1v) is 7.82. The Hall–Kier alpha value is -1.04. The standard InChI is InChI=1S/C16H23F2N3/c17-14-6-1-5-13(16(14)18)15(10-19)21-9-3-8-20-7-2-4-12(20)11-21/h1,5-6,12,15H,2-4,7-11,19H2. The minimum Gasteiger partial charge on any atom is -0.329 e. The van der Waals surface area contributed by atoms with Gasteiger partial charge in [-0.25, -0.2) is 8.78 Å². The van der Waals surface area contributed by atoms with Gasteiger partial charge in [0, 0.05) is 31.2 Å². The van der Waals surface area contributed by atoms with E-state index in [1.165, 1.54) is 19.4 Å². The summed E-state index contributed by atoms with van der Waals surface area (Å²) in [5.74, 6) is -1.54. The highest BCUT2D eigenvalue weighted by Crippen LogP contribution is 2.29. The molecule has 2 N–H and O–H groups in total. The molecule has 2 atom stereocenters. The summed E-state index contributed by atoms with van der Waals surface area (Å²) < 4.78 is 27.6. The van der Waals surface area contributed by atoms with Gasteiger partial charge in [-0.3, -0.25) is 9.80 Å². The molecule has 21 heavy (non-hydrogen) atoms. The van der Waals surface area contributed by atoms with Gasteiger partial charge in [0.25, 0.3) is 0 Å². The van der Waals surface area contributed by atoms with Crippen LogP contribution in [0.4, 0.5) is 8.78 Å². The summed E-state index contributed by atoms with van der Waals surface area (Å²) in [6.45, 7) is 4.37. The monoisotopic (exact) mass is 295 g/mol. The Morgan fingerprint density at radius 1 is 1.19 bits per heavy atom. The van der Waals surface area contributed by atoms with E-state index in [-0.39, 0.29) is 6.04 Å². The van der Waals surface area contributed by atoms with Gasteiger partial charge < -0.3 is 5.73 Å². The quantitative estimate of drug-likeness (QED) is 0.927. The largest absolute Gasteiger partial charge is 0.329 e. The molecule has 1 aromatic carbocycles. The Bertz CT molecular complexity index is 494. The van der Waals surface area contributed by atoms with E-state index < -0.39 is 11.6 Å². The highest BCUT2D eigenvalue weighted by Gasteiger charge is 2.32. The summed E-state index contributed by atoms with van der Waals surface area (Å²) in [7, 11) is 0. The van der Waals surface area contributed by atoms with Crippen molar-refractivity contribution in [3.63, 3.8) is 0 Å². The number of rotatable bonds is 3. The summed E-state index contributed by atoms with van der Waals surface area (Å²) in [4.78, 5) is 4.77. The van der Waals surface area contributed by atoms with Crippen molar-refractivity contribution in [2.45, 2.75) is 31.3 Å². The summed E-state index contributed by atoms with van der Waals surface area (Å²) in [6, 6.07) is 4.69. The summed E-state index contributed by atoms with van der Waals surface area (Å²) in [5.41, 5.74) is 6.29. The molecule has 0 amide bonds. The van der Waals surface area contributed by atoms with E-state index in [9.17, 15) is 8.78 Å². The lowest BCUT2D eigenvalue weighted by molar-refractivity contribution is 0.173.